The molecule has 2 aromatic carbocycles. The molecule has 130 valence electrons. The standard InChI is InChI=1S/C19H15N3O4/c23-18(10-9-14-5-4-8-16(11-14)22(24)25)20-13-19-21-12-17(26-19)15-6-2-1-3-7-15/h1-12H,13H2,(H,20,23)/b10-9+. The number of non-ortho nitro benzene ring substituents is 1. The fourth-order valence-electron chi connectivity index (χ4n) is 2.26. The van der Waals surface area contributed by atoms with Gasteiger partial charge in [-0.1, -0.05) is 42.5 Å². The van der Waals surface area contributed by atoms with Crippen molar-refractivity contribution in [1.29, 1.82) is 0 Å². The van der Waals surface area contributed by atoms with Crippen LogP contribution in [-0.4, -0.2) is 15.8 Å². The molecule has 1 N–H and O–H groups in total. The van der Waals surface area contributed by atoms with E-state index in [0.29, 0.717) is 17.2 Å². The molecule has 26 heavy (non-hydrogen) atoms. The highest BCUT2D eigenvalue weighted by Gasteiger charge is 2.07. The molecule has 0 saturated carbocycles. The number of benzene rings is 2. The van der Waals surface area contributed by atoms with Gasteiger partial charge in [0.2, 0.25) is 11.8 Å². The van der Waals surface area contributed by atoms with E-state index in [1.807, 2.05) is 30.3 Å². The van der Waals surface area contributed by atoms with E-state index in [2.05, 4.69) is 10.3 Å². The van der Waals surface area contributed by atoms with Gasteiger partial charge in [0.15, 0.2) is 5.76 Å². The molecule has 7 heteroatoms. The van der Waals surface area contributed by atoms with Crippen molar-refractivity contribution in [2.45, 2.75) is 6.54 Å². The van der Waals surface area contributed by atoms with Crippen molar-refractivity contribution in [2.24, 2.45) is 0 Å². The Bertz CT molecular complexity index is 948. The molecule has 0 aliphatic rings. The molecule has 0 bridgehead atoms. The summed E-state index contributed by atoms with van der Waals surface area (Å²) in [5.41, 5.74) is 1.45. The SMILES string of the molecule is O=C(/C=C/c1cccc([N+](=O)[O-])c1)NCc1ncc(-c2ccccc2)o1. The summed E-state index contributed by atoms with van der Waals surface area (Å²) in [5.74, 6) is 0.666. The van der Waals surface area contributed by atoms with E-state index in [0.717, 1.165) is 5.56 Å². The third kappa shape index (κ3) is 4.41. The summed E-state index contributed by atoms with van der Waals surface area (Å²) < 4.78 is 5.60. The van der Waals surface area contributed by atoms with Crippen molar-refractivity contribution in [3.8, 4) is 11.3 Å². The normalized spacial score (nSPS) is 10.8. The molecule has 0 aliphatic heterocycles. The predicted octanol–water partition coefficient (Wildman–Crippen LogP) is 3.58. The number of nitrogens with zero attached hydrogens (tertiary/aromatic N) is 2. The largest absolute Gasteiger partial charge is 0.439 e. The second kappa shape index (κ2) is 7.89. The molecular weight excluding hydrogens is 334 g/mol. The molecule has 0 aliphatic carbocycles. The summed E-state index contributed by atoms with van der Waals surface area (Å²) in [5, 5.41) is 13.4. The minimum absolute atomic E-state index is 0.0271. The van der Waals surface area contributed by atoms with E-state index in [1.54, 1.807) is 18.3 Å². The third-order valence-corrected chi connectivity index (χ3v) is 3.53. The Morgan fingerprint density at radius 2 is 2.00 bits per heavy atom. The van der Waals surface area contributed by atoms with Gasteiger partial charge in [-0.25, -0.2) is 4.98 Å². The summed E-state index contributed by atoms with van der Waals surface area (Å²) in [7, 11) is 0. The maximum Gasteiger partial charge on any atom is 0.270 e. The van der Waals surface area contributed by atoms with Crippen LogP contribution < -0.4 is 5.32 Å². The lowest BCUT2D eigenvalue weighted by molar-refractivity contribution is -0.384. The lowest BCUT2D eigenvalue weighted by Crippen LogP contribution is -2.20. The van der Waals surface area contributed by atoms with Crippen LogP contribution in [0.15, 0.2) is 71.3 Å². The Morgan fingerprint density at radius 3 is 2.77 bits per heavy atom. The average molecular weight is 349 g/mol. The molecule has 7 nitrogen and oxygen atoms in total. The summed E-state index contributed by atoms with van der Waals surface area (Å²) in [6, 6.07) is 15.6. The van der Waals surface area contributed by atoms with E-state index in [4.69, 9.17) is 4.42 Å². The van der Waals surface area contributed by atoms with Crippen LogP contribution in [0.1, 0.15) is 11.5 Å². The monoisotopic (exact) mass is 349 g/mol. The van der Waals surface area contributed by atoms with Crippen LogP contribution in [0.25, 0.3) is 17.4 Å². The Labute approximate surface area is 149 Å². The molecule has 0 atom stereocenters. The van der Waals surface area contributed by atoms with Gasteiger partial charge in [0.05, 0.1) is 17.7 Å². The molecule has 3 aromatic rings. The van der Waals surface area contributed by atoms with Crippen molar-refractivity contribution in [2.75, 3.05) is 0 Å². The third-order valence-electron chi connectivity index (χ3n) is 3.53. The van der Waals surface area contributed by atoms with Crippen LogP contribution >= 0.6 is 0 Å². The fraction of sp³-hybridized carbons (Fsp3) is 0.0526. The smallest absolute Gasteiger partial charge is 0.270 e. The Balaban J connectivity index is 1.57. The van der Waals surface area contributed by atoms with Crippen molar-refractivity contribution >= 4 is 17.7 Å². The van der Waals surface area contributed by atoms with E-state index in [-0.39, 0.29) is 18.1 Å². The number of carbonyl (C=O) groups is 1. The van der Waals surface area contributed by atoms with Gasteiger partial charge in [-0.3, -0.25) is 14.9 Å². The summed E-state index contributed by atoms with van der Waals surface area (Å²) in [4.78, 5) is 26.3. The molecule has 0 fully saturated rings. The van der Waals surface area contributed by atoms with Crippen molar-refractivity contribution in [3.05, 3.63) is 88.4 Å². The van der Waals surface area contributed by atoms with Gasteiger partial charge in [-0.15, -0.1) is 0 Å². The zero-order chi connectivity index (χ0) is 18.4. The number of nitro groups is 1. The number of hydrogen-bond donors (Lipinski definition) is 1. The first-order chi connectivity index (χ1) is 12.6. The topological polar surface area (TPSA) is 98.3 Å². The minimum Gasteiger partial charge on any atom is -0.439 e. The maximum atomic E-state index is 11.9. The van der Waals surface area contributed by atoms with Crippen molar-refractivity contribution < 1.29 is 14.1 Å². The maximum absolute atomic E-state index is 11.9. The van der Waals surface area contributed by atoms with E-state index in [1.165, 1.54) is 24.3 Å². The van der Waals surface area contributed by atoms with Crippen molar-refractivity contribution in [3.63, 3.8) is 0 Å². The van der Waals surface area contributed by atoms with Gasteiger partial charge in [-0.2, -0.15) is 0 Å². The second-order valence-corrected chi connectivity index (χ2v) is 5.39. The summed E-state index contributed by atoms with van der Waals surface area (Å²) in [6.45, 7) is 0.144. The van der Waals surface area contributed by atoms with Crippen LogP contribution in [0, 0.1) is 10.1 Å². The fourth-order valence-corrected chi connectivity index (χ4v) is 2.26. The highest BCUT2D eigenvalue weighted by Crippen LogP contribution is 2.19. The Kier molecular flexibility index (Phi) is 5.19. The van der Waals surface area contributed by atoms with Gasteiger partial charge in [0, 0.05) is 23.8 Å². The van der Waals surface area contributed by atoms with E-state index >= 15 is 0 Å². The summed E-state index contributed by atoms with van der Waals surface area (Å²) in [6.07, 6.45) is 4.42. The van der Waals surface area contributed by atoms with Crippen molar-refractivity contribution in [1.82, 2.24) is 10.3 Å². The number of hydrogen-bond acceptors (Lipinski definition) is 5. The molecule has 0 spiro atoms. The Hall–Kier alpha value is -3.74. The van der Waals surface area contributed by atoms with Gasteiger partial charge >= 0.3 is 0 Å². The van der Waals surface area contributed by atoms with Gasteiger partial charge in [0.25, 0.3) is 5.69 Å². The van der Waals surface area contributed by atoms with Crippen LogP contribution in [0.4, 0.5) is 5.69 Å². The minimum atomic E-state index is -0.482. The number of oxazole rings is 1. The number of rotatable bonds is 6. The molecule has 0 saturated heterocycles. The molecule has 0 radical (unpaired) electrons. The molecule has 0 unspecified atom stereocenters. The molecule has 3 rings (SSSR count). The van der Waals surface area contributed by atoms with Crippen LogP contribution in [0.3, 0.4) is 0 Å². The zero-order valence-electron chi connectivity index (χ0n) is 13.7. The number of aromatic nitrogens is 1. The first-order valence-corrected chi connectivity index (χ1v) is 7.82. The van der Waals surface area contributed by atoms with E-state index < -0.39 is 4.92 Å². The number of nitrogens with one attached hydrogen (secondary N) is 1. The van der Waals surface area contributed by atoms with Gasteiger partial charge in [-0.05, 0) is 11.6 Å². The lowest BCUT2D eigenvalue weighted by atomic mass is 10.2. The molecular formula is C19H15N3O4. The Morgan fingerprint density at radius 1 is 1.19 bits per heavy atom. The molecule has 1 heterocycles. The summed E-state index contributed by atoms with van der Waals surface area (Å²) >= 11 is 0. The van der Waals surface area contributed by atoms with Crippen LogP contribution in [0.2, 0.25) is 0 Å². The van der Waals surface area contributed by atoms with Gasteiger partial charge < -0.3 is 9.73 Å². The highest BCUT2D eigenvalue weighted by atomic mass is 16.6. The zero-order valence-corrected chi connectivity index (χ0v) is 13.7. The number of carbonyl (C=O) groups excluding carboxylic acids is 1. The van der Waals surface area contributed by atoms with Crippen LogP contribution in [0.5, 0.6) is 0 Å². The quantitative estimate of drug-likeness (QED) is 0.417. The molecule has 1 aromatic heterocycles. The average Bonchev–Trinajstić information content (AvgIpc) is 3.15. The van der Waals surface area contributed by atoms with Gasteiger partial charge in [0.1, 0.15) is 0 Å². The van der Waals surface area contributed by atoms with Crippen LogP contribution in [-0.2, 0) is 11.3 Å². The molecule has 1 amide bonds. The second-order valence-electron chi connectivity index (χ2n) is 5.39. The first kappa shape index (κ1) is 17.1. The lowest BCUT2D eigenvalue weighted by Gasteiger charge is -1.99. The number of nitro benzene ring substituents is 1. The predicted molar refractivity (Wildman–Crippen MR) is 95.9 cm³/mol. The number of amides is 1. The highest BCUT2D eigenvalue weighted by molar-refractivity contribution is 5.91. The van der Waals surface area contributed by atoms with E-state index in [9.17, 15) is 14.9 Å². The first-order valence-electron chi connectivity index (χ1n) is 7.82.